The largest absolute Gasteiger partial charge is 0.252 e. The fourth-order valence-electron chi connectivity index (χ4n) is 4.60. The number of nitrogens with zero attached hydrogens (tertiary/aromatic N) is 2. The lowest BCUT2D eigenvalue weighted by Crippen LogP contribution is -1.90. The van der Waals surface area contributed by atoms with Crippen LogP contribution in [-0.4, -0.2) is 9.97 Å². The Hall–Kier alpha value is -4.04. The van der Waals surface area contributed by atoms with Gasteiger partial charge in [0.15, 0.2) is 0 Å². The number of rotatable bonds is 2. The molecule has 0 aliphatic carbocycles. The van der Waals surface area contributed by atoms with E-state index < -0.39 is 0 Å². The Kier molecular flexibility index (Phi) is 4.03. The normalized spacial score (nSPS) is 11.4. The highest BCUT2D eigenvalue weighted by Crippen LogP contribution is 2.38. The van der Waals surface area contributed by atoms with Crippen molar-refractivity contribution in [3.8, 4) is 22.3 Å². The molecule has 5 aromatic carbocycles. The molecule has 0 aliphatic heterocycles. The second-order valence-electron chi connectivity index (χ2n) is 7.97. The molecule has 1 aromatic heterocycles. The fraction of sp³-hybridized carbons (Fsp3) is 0.0345. The molecule has 0 amide bonds. The minimum Gasteiger partial charge on any atom is -0.252 e. The maximum Gasteiger partial charge on any atom is 0.0971 e. The average Bonchev–Trinajstić information content (AvgIpc) is 2.84. The molecule has 0 fully saturated rings. The van der Waals surface area contributed by atoms with Gasteiger partial charge in [-0.3, -0.25) is 9.97 Å². The molecule has 0 unspecified atom stereocenters. The zero-order valence-electron chi connectivity index (χ0n) is 17.2. The van der Waals surface area contributed by atoms with Gasteiger partial charge in [-0.05, 0) is 46.0 Å². The zero-order chi connectivity index (χ0) is 20.8. The standard InChI is InChI=1S/C29H20N2/c1-19-7-6-8-20(17-19)22-9-2-3-10-23(22)21-13-14-26-27(18-21)24-11-4-5-12-25(24)28-29(26)31-16-15-30-28/h2-18H,1H3. The smallest absolute Gasteiger partial charge is 0.0971 e. The summed E-state index contributed by atoms with van der Waals surface area (Å²) in [6, 6.07) is 32.5. The van der Waals surface area contributed by atoms with E-state index >= 15 is 0 Å². The molecule has 0 spiro atoms. The number of aryl methyl sites for hydroxylation is 1. The van der Waals surface area contributed by atoms with Gasteiger partial charge < -0.3 is 0 Å². The zero-order valence-corrected chi connectivity index (χ0v) is 17.2. The van der Waals surface area contributed by atoms with E-state index in [0.29, 0.717) is 0 Å². The van der Waals surface area contributed by atoms with Crippen molar-refractivity contribution in [2.24, 2.45) is 0 Å². The molecular weight excluding hydrogens is 376 g/mol. The quantitative estimate of drug-likeness (QED) is 0.282. The van der Waals surface area contributed by atoms with Gasteiger partial charge >= 0.3 is 0 Å². The molecule has 0 bridgehead atoms. The van der Waals surface area contributed by atoms with Crippen LogP contribution < -0.4 is 0 Å². The molecule has 6 aromatic rings. The minimum absolute atomic E-state index is 0.953. The topological polar surface area (TPSA) is 25.8 Å². The third-order valence-corrected chi connectivity index (χ3v) is 6.01. The SMILES string of the molecule is Cc1cccc(-c2ccccc2-c2ccc3c(c2)c2ccccc2c2nccnc32)c1. The molecule has 31 heavy (non-hydrogen) atoms. The number of benzene rings is 5. The van der Waals surface area contributed by atoms with Gasteiger partial charge in [0, 0.05) is 23.2 Å². The van der Waals surface area contributed by atoms with Gasteiger partial charge in [-0.2, -0.15) is 0 Å². The van der Waals surface area contributed by atoms with Crippen molar-refractivity contribution >= 4 is 32.6 Å². The lowest BCUT2D eigenvalue weighted by atomic mass is 9.91. The van der Waals surface area contributed by atoms with E-state index in [1.807, 2.05) is 0 Å². The van der Waals surface area contributed by atoms with E-state index in [1.165, 1.54) is 38.6 Å². The predicted molar refractivity (Wildman–Crippen MR) is 130 cm³/mol. The van der Waals surface area contributed by atoms with Crippen LogP contribution in [0.25, 0.3) is 54.8 Å². The highest BCUT2D eigenvalue weighted by atomic mass is 14.8. The van der Waals surface area contributed by atoms with Gasteiger partial charge in [0.25, 0.3) is 0 Å². The Bertz CT molecular complexity index is 1560. The summed E-state index contributed by atoms with van der Waals surface area (Å²) in [5.74, 6) is 0. The maximum atomic E-state index is 4.67. The molecule has 2 heteroatoms. The lowest BCUT2D eigenvalue weighted by Gasteiger charge is -2.13. The molecule has 0 saturated carbocycles. The summed E-state index contributed by atoms with van der Waals surface area (Å²) >= 11 is 0. The monoisotopic (exact) mass is 396 g/mol. The van der Waals surface area contributed by atoms with E-state index in [4.69, 9.17) is 0 Å². The lowest BCUT2D eigenvalue weighted by molar-refractivity contribution is 1.31. The van der Waals surface area contributed by atoms with E-state index in [2.05, 4.69) is 108 Å². The van der Waals surface area contributed by atoms with E-state index in [9.17, 15) is 0 Å². The second kappa shape index (κ2) is 7.03. The van der Waals surface area contributed by atoms with Gasteiger partial charge in [-0.25, -0.2) is 0 Å². The molecule has 0 saturated heterocycles. The van der Waals surface area contributed by atoms with Gasteiger partial charge in [0.2, 0.25) is 0 Å². The summed E-state index contributed by atoms with van der Waals surface area (Å²) in [5, 5.41) is 4.70. The van der Waals surface area contributed by atoms with Crippen LogP contribution in [0.5, 0.6) is 0 Å². The number of aromatic nitrogens is 2. The molecule has 0 aliphatic rings. The number of hydrogen-bond acceptors (Lipinski definition) is 2. The van der Waals surface area contributed by atoms with Crippen molar-refractivity contribution in [2.75, 3.05) is 0 Å². The minimum atomic E-state index is 0.953. The Balaban J connectivity index is 1.67. The first kappa shape index (κ1) is 17.8. The van der Waals surface area contributed by atoms with E-state index in [-0.39, 0.29) is 0 Å². The third kappa shape index (κ3) is 2.88. The first-order valence-electron chi connectivity index (χ1n) is 10.5. The molecule has 0 atom stereocenters. The number of hydrogen-bond donors (Lipinski definition) is 0. The van der Waals surface area contributed by atoms with Crippen LogP contribution in [0, 0.1) is 6.92 Å². The van der Waals surface area contributed by atoms with Crippen LogP contribution in [0.1, 0.15) is 5.56 Å². The molecule has 2 nitrogen and oxygen atoms in total. The van der Waals surface area contributed by atoms with Crippen LogP contribution in [0.2, 0.25) is 0 Å². The summed E-state index contributed by atoms with van der Waals surface area (Å²) in [7, 11) is 0. The summed E-state index contributed by atoms with van der Waals surface area (Å²) in [5.41, 5.74) is 8.10. The molecule has 146 valence electrons. The van der Waals surface area contributed by atoms with E-state index in [1.54, 1.807) is 12.4 Å². The second-order valence-corrected chi connectivity index (χ2v) is 7.97. The summed E-state index contributed by atoms with van der Waals surface area (Å²) < 4.78 is 0. The summed E-state index contributed by atoms with van der Waals surface area (Å²) in [4.78, 5) is 9.31. The Morgan fingerprint density at radius 2 is 1.10 bits per heavy atom. The molecule has 1 heterocycles. The van der Waals surface area contributed by atoms with Crippen molar-refractivity contribution in [1.29, 1.82) is 0 Å². The molecule has 0 radical (unpaired) electrons. The van der Waals surface area contributed by atoms with Crippen LogP contribution >= 0.6 is 0 Å². The molecular formula is C29H20N2. The first-order chi connectivity index (χ1) is 15.3. The van der Waals surface area contributed by atoms with Gasteiger partial charge in [-0.1, -0.05) is 90.5 Å². The Morgan fingerprint density at radius 3 is 1.81 bits per heavy atom. The highest BCUT2D eigenvalue weighted by molar-refractivity contribution is 6.23. The van der Waals surface area contributed by atoms with Crippen LogP contribution in [0.3, 0.4) is 0 Å². The maximum absolute atomic E-state index is 4.67. The predicted octanol–water partition coefficient (Wildman–Crippen LogP) is 7.58. The van der Waals surface area contributed by atoms with E-state index in [0.717, 1.165) is 21.8 Å². The molecule has 0 N–H and O–H groups in total. The highest BCUT2D eigenvalue weighted by Gasteiger charge is 2.13. The van der Waals surface area contributed by atoms with Gasteiger partial charge in [0.1, 0.15) is 0 Å². The van der Waals surface area contributed by atoms with Gasteiger partial charge in [-0.15, -0.1) is 0 Å². The third-order valence-electron chi connectivity index (χ3n) is 6.01. The average molecular weight is 396 g/mol. The molecule has 6 rings (SSSR count). The Labute approximate surface area is 180 Å². The fourth-order valence-corrected chi connectivity index (χ4v) is 4.60. The van der Waals surface area contributed by atoms with Crippen LogP contribution in [0.4, 0.5) is 0 Å². The van der Waals surface area contributed by atoms with Crippen molar-refractivity contribution in [3.63, 3.8) is 0 Å². The summed E-state index contributed by atoms with van der Waals surface area (Å²) in [6.07, 6.45) is 3.55. The van der Waals surface area contributed by atoms with Crippen LogP contribution in [-0.2, 0) is 0 Å². The Morgan fingerprint density at radius 1 is 0.484 bits per heavy atom. The van der Waals surface area contributed by atoms with Crippen molar-refractivity contribution < 1.29 is 0 Å². The number of fused-ring (bicyclic) bond motifs is 6. The van der Waals surface area contributed by atoms with Crippen molar-refractivity contribution in [3.05, 3.63) is 109 Å². The van der Waals surface area contributed by atoms with Crippen molar-refractivity contribution in [2.45, 2.75) is 6.92 Å². The van der Waals surface area contributed by atoms with Crippen LogP contribution in [0.15, 0.2) is 103 Å². The first-order valence-corrected chi connectivity index (χ1v) is 10.5. The van der Waals surface area contributed by atoms with Gasteiger partial charge in [0.05, 0.1) is 11.0 Å². The summed E-state index contributed by atoms with van der Waals surface area (Å²) in [6.45, 7) is 2.14. The van der Waals surface area contributed by atoms with Crippen molar-refractivity contribution in [1.82, 2.24) is 9.97 Å².